The van der Waals surface area contributed by atoms with E-state index < -0.39 is 0 Å². The third kappa shape index (κ3) is 7.18. The van der Waals surface area contributed by atoms with Crippen LogP contribution in [-0.4, -0.2) is 5.91 Å². The number of amides is 1. The van der Waals surface area contributed by atoms with Gasteiger partial charge in [0.25, 0.3) is 0 Å². The summed E-state index contributed by atoms with van der Waals surface area (Å²) in [6, 6.07) is 0. The van der Waals surface area contributed by atoms with E-state index in [0.29, 0.717) is 0 Å². The van der Waals surface area contributed by atoms with Gasteiger partial charge in [0.1, 0.15) is 0 Å². The summed E-state index contributed by atoms with van der Waals surface area (Å²) in [7, 11) is 0. The number of carbonyl (C=O) groups excluding carboxylic acids is 1. The van der Waals surface area contributed by atoms with E-state index in [-0.39, 0.29) is 11.8 Å². The average molecular weight is 211 g/mol. The van der Waals surface area contributed by atoms with Crippen LogP contribution in [0.15, 0.2) is 12.8 Å². The molecule has 1 amide bonds. The van der Waals surface area contributed by atoms with Gasteiger partial charge in [0, 0.05) is 5.92 Å². The highest BCUT2D eigenvalue weighted by Gasteiger charge is 2.15. The zero-order valence-electron chi connectivity index (χ0n) is 10.2. The molecule has 0 saturated carbocycles. The van der Waals surface area contributed by atoms with Crippen molar-refractivity contribution in [2.24, 2.45) is 5.92 Å². The normalized spacial score (nSPS) is 12.1. The Morgan fingerprint density at radius 1 is 1.20 bits per heavy atom. The Kier molecular flexibility index (Phi) is 9.24. The van der Waals surface area contributed by atoms with Gasteiger partial charge in [0.15, 0.2) is 0 Å². The maximum Gasteiger partial charge on any atom is 0.226 e. The molecule has 0 aromatic carbocycles. The molecule has 2 heteroatoms. The Balaban J connectivity index is 3.81. The average Bonchev–Trinajstić information content (AvgIpc) is 2.23. The van der Waals surface area contributed by atoms with Crippen LogP contribution in [0.25, 0.3) is 0 Å². The Morgan fingerprint density at radius 3 is 2.47 bits per heavy atom. The first-order chi connectivity index (χ1) is 7.26. The second-order valence-corrected chi connectivity index (χ2v) is 4.05. The van der Waals surface area contributed by atoms with Gasteiger partial charge in [-0.3, -0.25) is 4.79 Å². The van der Waals surface area contributed by atoms with Crippen molar-refractivity contribution in [1.29, 1.82) is 0 Å². The van der Waals surface area contributed by atoms with Crippen molar-refractivity contribution >= 4 is 5.91 Å². The summed E-state index contributed by atoms with van der Waals surface area (Å²) in [6.45, 7) is 7.85. The molecule has 15 heavy (non-hydrogen) atoms. The van der Waals surface area contributed by atoms with Gasteiger partial charge in [-0.25, -0.2) is 0 Å². The van der Waals surface area contributed by atoms with E-state index >= 15 is 0 Å². The van der Waals surface area contributed by atoms with E-state index in [1.54, 1.807) is 0 Å². The quantitative estimate of drug-likeness (QED) is 0.580. The minimum absolute atomic E-state index is 0.142. The van der Waals surface area contributed by atoms with E-state index in [9.17, 15) is 4.79 Å². The molecule has 2 nitrogen and oxygen atoms in total. The molecule has 0 rings (SSSR count). The fraction of sp³-hybridized carbons (Fsp3) is 0.769. The van der Waals surface area contributed by atoms with Crippen LogP contribution >= 0.6 is 0 Å². The van der Waals surface area contributed by atoms with Crippen LogP contribution in [0.1, 0.15) is 58.8 Å². The lowest BCUT2D eigenvalue weighted by Crippen LogP contribution is -2.26. The van der Waals surface area contributed by atoms with Gasteiger partial charge in [-0.05, 0) is 19.0 Å². The second kappa shape index (κ2) is 9.75. The first-order valence-electron chi connectivity index (χ1n) is 6.17. The van der Waals surface area contributed by atoms with Crippen LogP contribution in [0, 0.1) is 5.92 Å². The molecule has 1 N–H and O–H groups in total. The molecule has 0 radical (unpaired) electrons. The van der Waals surface area contributed by atoms with Crippen molar-refractivity contribution < 1.29 is 4.79 Å². The van der Waals surface area contributed by atoms with E-state index in [2.05, 4.69) is 25.7 Å². The fourth-order valence-electron chi connectivity index (χ4n) is 1.79. The van der Waals surface area contributed by atoms with Gasteiger partial charge in [-0.1, -0.05) is 52.5 Å². The molecule has 88 valence electrons. The predicted octanol–water partition coefficient (Wildman–Crippen LogP) is 3.63. The highest BCUT2D eigenvalue weighted by atomic mass is 16.1. The lowest BCUT2D eigenvalue weighted by atomic mass is 9.95. The van der Waals surface area contributed by atoms with E-state index in [1.165, 1.54) is 31.9 Å². The molecule has 0 aromatic rings. The van der Waals surface area contributed by atoms with Crippen molar-refractivity contribution in [2.75, 3.05) is 0 Å². The van der Waals surface area contributed by atoms with E-state index in [0.717, 1.165) is 19.3 Å². The fourth-order valence-corrected chi connectivity index (χ4v) is 1.79. The van der Waals surface area contributed by atoms with Crippen LogP contribution in [0.4, 0.5) is 0 Å². The summed E-state index contributed by atoms with van der Waals surface area (Å²) in [5.74, 6) is 0.327. The highest BCUT2D eigenvalue weighted by Crippen LogP contribution is 2.16. The van der Waals surface area contributed by atoms with E-state index in [1.807, 2.05) is 0 Å². The number of hydrogen-bond donors (Lipinski definition) is 1. The van der Waals surface area contributed by atoms with Crippen molar-refractivity contribution in [3.63, 3.8) is 0 Å². The maximum atomic E-state index is 11.6. The van der Waals surface area contributed by atoms with Crippen molar-refractivity contribution in [2.45, 2.75) is 58.8 Å². The standard InChI is InChI=1S/C13H25NO/c1-4-7-8-9-11-12(10-5-2)13(15)14-6-3/h6,12H,3-5,7-11H2,1-2H3,(H,14,15). The Morgan fingerprint density at radius 2 is 1.93 bits per heavy atom. The Hall–Kier alpha value is -0.790. The van der Waals surface area contributed by atoms with Crippen LogP contribution in [-0.2, 0) is 4.79 Å². The molecular weight excluding hydrogens is 186 g/mol. The van der Waals surface area contributed by atoms with Crippen LogP contribution in [0.3, 0.4) is 0 Å². The minimum Gasteiger partial charge on any atom is -0.333 e. The smallest absolute Gasteiger partial charge is 0.226 e. The van der Waals surface area contributed by atoms with Gasteiger partial charge in [-0.2, -0.15) is 0 Å². The molecule has 0 fully saturated rings. The molecule has 1 unspecified atom stereocenters. The molecule has 0 spiro atoms. The summed E-state index contributed by atoms with van der Waals surface area (Å²) >= 11 is 0. The lowest BCUT2D eigenvalue weighted by Gasteiger charge is -2.14. The molecule has 1 atom stereocenters. The van der Waals surface area contributed by atoms with Gasteiger partial charge in [-0.15, -0.1) is 0 Å². The van der Waals surface area contributed by atoms with Crippen LogP contribution in [0.5, 0.6) is 0 Å². The Labute approximate surface area is 94.1 Å². The predicted molar refractivity (Wildman–Crippen MR) is 65.5 cm³/mol. The topological polar surface area (TPSA) is 29.1 Å². The van der Waals surface area contributed by atoms with Crippen LogP contribution in [0.2, 0.25) is 0 Å². The minimum atomic E-state index is 0.142. The summed E-state index contributed by atoms with van der Waals surface area (Å²) in [6.07, 6.45) is 9.51. The van der Waals surface area contributed by atoms with Crippen molar-refractivity contribution in [3.05, 3.63) is 12.8 Å². The monoisotopic (exact) mass is 211 g/mol. The molecule has 0 saturated heterocycles. The zero-order valence-corrected chi connectivity index (χ0v) is 10.2. The second-order valence-electron chi connectivity index (χ2n) is 4.05. The van der Waals surface area contributed by atoms with Crippen molar-refractivity contribution in [3.8, 4) is 0 Å². The zero-order chi connectivity index (χ0) is 11.5. The first-order valence-corrected chi connectivity index (χ1v) is 6.17. The Bertz CT molecular complexity index is 177. The molecule has 0 aliphatic rings. The lowest BCUT2D eigenvalue weighted by molar-refractivity contribution is -0.124. The summed E-state index contributed by atoms with van der Waals surface area (Å²) in [5.41, 5.74) is 0. The molecule has 0 aromatic heterocycles. The van der Waals surface area contributed by atoms with E-state index in [4.69, 9.17) is 0 Å². The summed E-state index contributed by atoms with van der Waals surface area (Å²) < 4.78 is 0. The summed E-state index contributed by atoms with van der Waals surface area (Å²) in [4.78, 5) is 11.6. The number of unbranched alkanes of at least 4 members (excludes halogenated alkanes) is 3. The van der Waals surface area contributed by atoms with Gasteiger partial charge >= 0.3 is 0 Å². The highest BCUT2D eigenvalue weighted by molar-refractivity contribution is 5.79. The SMILES string of the molecule is C=CNC(=O)C(CCC)CCCCCC. The van der Waals surface area contributed by atoms with Crippen LogP contribution < -0.4 is 5.32 Å². The van der Waals surface area contributed by atoms with Gasteiger partial charge in [0.05, 0.1) is 0 Å². The third-order valence-electron chi connectivity index (χ3n) is 2.66. The molecule has 0 bridgehead atoms. The molecule has 0 aliphatic carbocycles. The number of nitrogens with one attached hydrogen (secondary N) is 1. The van der Waals surface area contributed by atoms with Gasteiger partial charge in [0.2, 0.25) is 5.91 Å². The summed E-state index contributed by atoms with van der Waals surface area (Å²) in [5, 5.41) is 2.70. The van der Waals surface area contributed by atoms with Gasteiger partial charge < -0.3 is 5.32 Å². The largest absolute Gasteiger partial charge is 0.333 e. The molecule has 0 aliphatic heterocycles. The van der Waals surface area contributed by atoms with Crippen molar-refractivity contribution in [1.82, 2.24) is 5.32 Å². The number of carbonyl (C=O) groups is 1. The number of hydrogen-bond acceptors (Lipinski definition) is 1. The third-order valence-corrected chi connectivity index (χ3v) is 2.66. The molecule has 0 heterocycles. The maximum absolute atomic E-state index is 11.6. The first kappa shape index (κ1) is 14.2. The molecular formula is C13H25NO. The number of rotatable bonds is 9.